The van der Waals surface area contributed by atoms with Crippen LogP contribution in [0.4, 0.5) is 10.1 Å². The van der Waals surface area contributed by atoms with Crippen molar-refractivity contribution in [1.29, 1.82) is 0 Å². The number of nitrogens with one attached hydrogen (secondary N) is 1. The number of phenols is 1. The van der Waals surface area contributed by atoms with Crippen LogP contribution in [0.25, 0.3) is 0 Å². The minimum Gasteiger partial charge on any atom is -0.505 e. The van der Waals surface area contributed by atoms with Gasteiger partial charge in [0.15, 0.2) is 11.6 Å². The highest BCUT2D eigenvalue weighted by molar-refractivity contribution is 5.48. The van der Waals surface area contributed by atoms with E-state index in [0.717, 1.165) is 29.4 Å². The highest BCUT2D eigenvalue weighted by Crippen LogP contribution is 2.54. The van der Waals surface area contributed by atoms with Crippen LogP contribution in [-0.4, -0.2) is 11.1 Å². The number of benzene rings is 1. The molecule has 0 radical (unpaired) electrons. The molecule has 0 atom stereocenters. The van der Waals surface area contributed by atoms with Crippen LogP contribution in [0.1, 0.15) is 32.1 Å². The molecule has 0 spiro atoms. The molecule has 1 aromatic rings. The molecule has 4 bridgehead atoms. The summed E-state index contributed by atoms with van der Waals surface area (Å²) in [6, 6.07) is 5.15. The fourth-order valence-corrected chi connectivity index (χ4v) is 4.95. The number of rotatable bonds is 2. The van der Waals surface area contributed by atoms with Crippen molar-refractivity contribution in [2.24, 2.45) is 23.7 Å². The van der Waals surface area contributed by atoms with E-state index in [1.807, 2.05) is 0 Å². The zero-order chi connectivity index (χ0) is 13.0. The zero-order valence-corrected chi connectivity index (χ0v) is 11.0. The molecule has 1 aromatic carbocycles. The molecule has 5 rings (SSSR count). The molecule has 0 heterocycles. The first-order chi connectivity index (χ1) is 9.19. The van der Waals surface area contributed by atoms with Crippen molar-refractivity contribution in [2.45, 2.75) is 38.1 Å². The Hall–Kier alpha value is -1.25. The van der Waals surface area contributed by atoms with Gasteiger partial charge in [-0.1, -0.05) is 0 Å². The van der Waals surface area contributed by atoms with Gasteiger partial charge in [0, 0.05) is 17.8 Å². The SMILES string of the molecule is Oc1ccc(NC2C3CC4CC(C3)CC2C4)cc1F. The summed E-state index contributed by atoms with van der Waals surface area (Å²) in [5.74, 6) is 2.65. The topological polar surface area (TPSA) is 32.3 Å². The first-order valence-electron chi connectivity index (χ1n) is 7.44. The molecule has 0 aliphatic heterocycles. The normalized spacial score (nSPS) is 39.5. The summed E-state index contributed by atoms with van der Waals surface area (Å²) in [5, 5.41) is 12.8. The van der Waals surface area contributed by atoms with Gasteiger partial charge in [-0.15, -0.1) is 0 Å². The van der Waals surface area contributed by atoms with Crippen molar-refractivity contribution in [2.75, 3.05) is 5.32 Å². The van der Waals surface area contributed by atoms with E-state index in [9.17, 15) is 9.50 Å². The third-order valence-corrected chi connectivity index (χ3v) is 5.51. The highest BCUT2D eigenvalue weighted by atomic mass is 19.1. The molecule has 4 aliphatic carbocycles. The minimum atomic E-state index is -0.534. The van der Waals surface area contributed by atoms with E-state index in [1.54, 1.807) is 6.07 Å². The second-order valence-electron chi connectivity index (χ2n) is 6.77. The first kappa shape index (κ1) is 11.6. The molecular weight excluding hydrogens is 241 g/mol. The van der Waals surface area contributed by atoms with Crippen LogP contribution >= 0.6 is 0 Å². The number of anilines is 1. The van der Waals surface area contributed by atoms with Crippen LogP contribution in [0, 0.1) is 29.5 Å². The summed E-state index contributed by atoms with van der Waals surface area (Å²) < 4.78 is 13.4. The van der Waals surface area contributed by atoms with E-state index in [1.165, 1.54) is 44.2 Å². The lowest BCUT2D eigenvalue weighted by molar-refractivity contribution is 0.00753. The Morgan fingerprint density at radius 3 is 2.21 bits per heavy atom. The Labute approximate surface area is 113 Å². The van der Waals surface area contributed by atoms with Crippen LogP contribution in [-0.2, 0) is 0 Å². The second kappa shape index (κ2) is 4.12. The Balaban J connectivity index is 1.55. The van der Waals surface area contributed by atoms with Gasteiger partial charge in [-0.05, 0) is 67.9 Å². The third kappa shape index (κ3) is 1.90. The molecule has 2 nitrogen and oxygen atoms in total. The van der Waals surface area contributed by atoms with Crippen LogP contribution in [0.3, 0.4) is 0 Å². The lowest BCUT2D eigenvalue weighted by Crippen LogP contribution is -2.51. The molecule has 19 heavy (non-hydrogen) atoms. The van der Waals surface area contributed by atoms with Gasteiger partial charge in [0.1, 0.15) is 0 Å². The van der Waals surface area contributed by atoms with Gasteiger partial charge in [-0.2, -0.15) is 0 Å². The van der Waals surface area contributed by atoms with Crippen LogP contribution in [0.2, 0.25) is 0 Å². The summed E-state index contributed by atoms with van der Waals surface area (Å²) >= 11 is 0. The van der Waals surface area contributed by atoms with Crippen molar-refractivity contribution >= 4 is 5.69 Å². The van der Waals surface area contributed by atoms with Crippen molar-refractivity contribution in [3.8, 4) is 5.75 Å². The second-order valence-corrected chi connectivity index (χ2v) is 6.77. The van der Waals surface area contributed by atoms with Gasteiger partial charge in [0.2, 0.25) is 0 Å². The molecule has 4 saturated carbocycles. The molecule has 0 saturated heterocycles. The molecule has 0 aromatic heterocycles. The molecule has 0 unspecified atom stereocenters. The Morgan fingerprint density at radius 1 is 1.00 bits per heavy atom. The van der Waals surface area contributed by atoms with Crippen molar-refractivity contribution in [3.05, 3.63) is 24.0 Å². The third-order valence-electron chi connectivity index (χ3n) is 5.51. The van der Waals surface area contributed by atoms with Crippen molar-refractivity contribution in [1.82, 2.24) is 0 Å². The van der Waals surface area contributed by atoms with Crippen LogP contribution < -0.4 is 5.32 Å². The lowest BCUT2D eigenvalue weighted by Gasteiger charge is -2.54. The average Bonchev–Trinajstić information content (AvgIpc) is 2.37. The predicted octanol–water partition coefficient (Wildman–Crippen LogP) is 3.77. The van der Waals surface area contributed by atoms with E-state index >= 15 is 0 Å². The van der Waals surface area contributed by atoms with E-state index in [-0.39, 0.29) is 5.75 Å². The summed E-state index contributed by atoms with van der Waals surface area (Å²) in [7, 11) is 0. The largest absolute Gasteiger partial charge is 0.505 e. The van der Waals surface area contributed by atoms with E-state index in [0.29, 0.717) is 6.04 Å². The summed E-state index contributed by atoms with van der Waals surface area (Å²) in [4.78, 5) is 0. The van der Waals surface area contributed by atoms with Crippen molar-refractivity contribution < 1.29 is 9.50 Å². The molecule has 0 amide bonds. The smallest absolute Gasteiger partial charge is 0.166 e. The average molecular weight is 261 g/mol. The van der Waals surface area contributed by atoms with Crippen LogP contribution in [0.15, 0.2) is 18.2 Å². The maximum absolute atomic E-state index is 13.4. The number of phenolic OH excluding ortho intramolecular Hbond substituents is 1. The Kier molecular flexibility index (Phi) is 2.51. The summed E-state index contributed by atoms with van der Waals surface area (Å²) in [6.07, 6.45) is 6.86. The quantitative estimate of drug-likeness (QED) is 0.794. The van der Waals surface area contributed by atoms with Gasteiger partial charge in [-0.25, -0.2) is 4.39 Å². The van der Waals surface area contributed by atoms with E-state index in [2.05, 4.69) is 5.32 Å². The number of hydrogen-bond donors (Lipinski definition) is 2. The van der Waals surface area contributed by atoms with Crippen molar-refractivity contribution in [3.63, 3.8) is 0 Å². The summed E-state index contributed by atoms with van der Waals surface area (Å²) in [5.41, 5.74) is 0.813. The number of hydrogen-bond acceptors (Lipinski definition) is 2. The predicted molar refractivity (Wildman–Crippen MR) is 72.5 cm³/mol. The lowest BCUT2D eigenvalue weighted by atomic mass is 9.54. The van der Waals surface area contributed by atoms with E-state index < -0.39 is 5.82 Å². The fraction of sp³-hybridized carbons (Fsp3) is 0.625. The van der Waals surface area contributed by atoms with E-state index in [4.69, 9.17) is 0 Å². The molecule has 4 fully saturated rings. The monoisotopic (exact) mass is 261 g/mol. The molecule has 2 N–H and O–H groups in total. The standard InChI is InChI=1S/C16H20FNO/c17-14-8-13(1-2-15(14)19)18-16-11-4-9-3-10(6-11)7-12(16)5-9/h1-2,8-12,16,18-19H,3-7H2. The van der Waals surface area contributed by atoms with Gasteiger partial charge in [0.25, 0.3) is 0 Å². The van der Waals surface area contributed by atoms with Crippen LogP contribution in [0.5, 0.6) is 5.75 Å². The molecular formula is C16H20FNO. The maximum atomic E-state index is 13.4. The minimum absolute atomic E-state index is 0.268. The number of aromatic hydroxyl groups is 1. The van der Waals surface area contributed by atoms with Gasteiger partial charge >= 0.3 is 0 Å². The highest BCUT2D eigenvalue weighted by Gasteiger charge is 2.48. The molecule has 3 heteroatoms. The summed E-state index contributed by atoms with van der Waals surface area (Å²) in [6.45, 7) is 0. The Bertz CT molecular complexity index is 474. The zero-order valence-electron chi connectivity index (χ0n) is 11.0. The first-order valence-corrected chi connectivity index (χ1v) is 7.44. The number of halogens is 1. The Morgan fingerprint density at radius 2 is 1.63 bits per heavy atom. The van der Waals surface area contributed by atoms with Gasteiger partial charge in [0.05, 0.1) is 0 Å². The van der Waals surface area contributed by atoms with Gasteiger partial charge in [-0.3, -0.25) is 0 Å². The van der Waals surface area contributed by atoms with Gasteiger partial charge < -0.3 is 10.4 Å². The molecule has 4 aliphatic rings. The maximum Gasteiger partial charge on any atom is 0.166 e. The molecule has 102 valence electrons. The fourth-order valence-electron chi connectivity index (χ4n) is 4.95.